The molecule has 19 heavy (non-hydrogen) atoms. The Kier molecular flexibility index (Phi) is 4.20. The summed E-state index contributed by atoms with van der Waals surface area (Å²) in [6, 6.07) is 9.47. The largest absolute Gasteiger partial charge is 0.457 e. The van der Waals surface area contributed by atoms with Gasteiger partial charge in [0.05, 0.1) is 12.3 Å². The lowest BCUT2D eigenvalue weighted by Crippen LogP contribution is -2.37. The van der Waals surface area contributed by atoms with E-state index in [0.717, 1.165) is 5.56 Å². The second-order valence-corrected chi connectivity index (χ2v) is 4.64. The smallest absolute Gasteiger partial charge is 0.307 e. The van der Waals surface area contributed by atoms with Crippen molar-refractivity contribution in [3.05, 3.63) is 35.9 Å². The molecule has 0 spiro atoms. The highest BCUT2D eigenvalue weighted by Crippen LogP contribution is 2.36. The summed E-state index contributed by atoms with van der Waals surface area (Å²) in [6.45, 7) is 5.19. The summed E-state index contributed by atoms with van der Waals surface area (Å²) in [4.78, 5) is 25.7. The van der Waals surface area contributed by atoms with Crippen molar-refractivity contribution in [1.29, 1.82) is 0 Å². The van der Waals surface area contributed by atoms with Crippen LogP contribution in [0.25, 0.3) is 0 Å². The molecule has 0 aromatic heterocycles. The van der Waals surface area contributed by atoms with Gasteiger partial charge in [-0.25, -0.2) is 0 Å². The van der Waals surface area contributed by atoms with Crippen LogP contribution in [0.1, 0.15) is 31.9 Å². The van der Waals surface area contributed by atoms with Gasteiger partial charge in [0.15, 0.2) is 0 Å². The fraction of sp³-hybridized carbons (Fsp3) is 0.467. The number of esters is 1. The molecule has 4 heteroatoms. The molecule has 4 nitrogen and oxygen atoms in total. The zero-order valence-corrected chi connectivity index (χ0v) is 11.3. The minimum atomic E-state index is -0.443. The van der Waals surface area contributed by atoms with Gasteiger partial charge in [0.2, 0.25) is 5.91 Å². The molecular weight excluding hydrogens is 242 g/mol. The van der Waals surface area contributed by atoms with E-state index in [9.17, 15) is 9.59 Å². The van der Waals surface area contributed by atoms with Crippen molar-refractivity contribution in [1.82, 2.24) is 4.90 Å². The van der Waals surface area contributed by atoms with E-state index in [0.29, 0.717) is 13.1 Å². The van der Waals surface area contributed by atoms with Gasteiger partial charge in [-0.1, -0.05) is 30.3 Å². The van der Waals surface area contributed by atoms with E-state index in [4.69, 9.17) is 4.74 Å². The molecule has 1 aliphatic rings. The van der Waals surface area contributed by atoms with Crippen molar-refractivity contribution in [2.75, 3.05) is 13.1 Å². The minimum Gasteiger partial charge on any atom is -0.457 e. The van der Waals surface area contributed by atoms with Crippen LogP contribution in [-0.4, -0.2) is 29.9 Å². The number of amides is 1. The van der Waals surface area contributed by atoms with Gasteiger partial charge in [-0.15, -0.1) is 0 Å². The fourth-order valence-electron chi connectivity index (χ4n) is 2.49. The zero-order chi connectivity index (χ0) is 13.8. The lowest BCUT2D eigenvalue weighted by molar-refractivity contribution is -0.142. The molecule has 1 aliphatic heterocycles. The number of hydrogen-bond acceptors (Lipinski definition) is 3. The van der Waals surface area contributed by atoms with Crippen LogP contribution >= 0.6 is 0 Å². The second kappa shape index (κ2) is 5.87. The SMILES string of the molecule is CCN(CC)C(=O)C1CC(=O)OC1c1ccccc1. The first kappa shape index (κ1) is 13.6. The minimum absolute atomic E-state index is 0.00435. The number of benzene rings is 1. The number of nitrogens with zero attached hydrogens (tertiary/aromatic N) is 1. The van der Waals surface area contributed by atoms with Gasteiger partial charge in [-0.2, -0.15) is 0 Å². The van der Waals surface area contributed by atoms with Crippen molar-refractivity contribution in [2.45, 2.75) is 26.4 Å². The normalized spacial score (nSPS) is 22.1. The molecule has 2 rings (SSSR count). The maximum atomic E-state index is 12.4. The van der Waals surface area contributed by atoms with E-state index in [-0.39, 0.29) is 18.3 Å². The molecule has 1 aromatic rings. The Labute approximate surface area is 113 Å². The molecule has 0 N–H and O–H groups in total. The van der Waals surface area contributed by atoms with Crippen molar-refractivity contribution in [3.63, 3.8) is 0 Å². The Hall–Kier alpha value is -1.84. The van der Waals surface area contributed by atoms with E-state index < -0.39 is 12.0 Å². The summed E-state index contributed by atoms with van der Waals surface area (Å²) in [6.07, 6.45) is -0.267. The third-order valence-corrected chi connectivity index (χ3v) is 3.53. The van der Waals surface area contributed by atoms with Crippen LogP contribution in [0.2, 0.25) is 0 Å². The van der Waals surface area contributed by atoms with Crippen LogP contribution in [0.4, 0.5) is 0 Å². The molecule has 102 valence electrons. The lowest BCUT2D eigenvalue weighted by Gasteiger charge is -2.24. The Bertz CT molecular complexity index is 454. The van der Waals surface area contributed by atoms with Gasteiger partial charge >= 0.3 is 5.97 Å². The number of carbonyl (C=O) groups is 2. The summed E-state index contributed by atoms with van der Waals surface area (Å²) in [5, 5.41) is 0. The average molecular weight is 261 g/mol. The topological polar surface area (TPSA) is 46.6 Å². The predicted octanol–water partition coefficient (Wildman–Crippen LogP) is 2.16. The average Bonchev–Trinajstić information content (AvgIpc) is 2.83. The summed E-state index contributed by atoms with van der Waals surface area (Å²) in [5.74, 6) is -0.682. The van der Waals surface area contributed by atoms with Crippen LogP contribution < -0.4 is 0 Å². The Morgan fingerprint density at radius 2 is 1.89 bits per heavy atom. The first-order valence-electron chi connectivity index (χ1n) is 6.70. The highest BCUT2D eigenvalue weighted by Gasteiger charge is 2.41. The van der Waals surface area contributed by atoms with Gasteiger partial charge in [0.1, 0.15) is 6.10 Å². The lowest BCUT2D eigenvalue weighted by atomic mass is 9.94. The van der Waals surface area contributed by atoms with Crippen molar-refractivity contribution >= 4 is 11.9 Å². The number of hydrogen-bond donors (Lipinski definition) is 0. The second-order valence-electron chi connectivity index (χ2n) is 4.64. The molecule has 0 saturated carbocycles. The van der Waals surface area contributed by atoms with Crippen LogP contribution in [-0.2, 0) is 14.3 Å². The Morgan fingerprint density at radius 3 is 2.47 bits per heavy atom. The van der Waals surface area contributed by atoms with Crippen molar-refractivity contribution in [3.8, 4) is 0 Å². The third-order valence-electron chi connectivity index (χ3n) is 3.53. The van der Waals surface area contributed by atoms with E-state index in [1.807, 2.05) is 44.2 Å². The molecule has 0 radical (unpaired) electrons. The first-order valence-corrected chi connectivity index (χ1v) is 6.70. The van der Waals surface area contributed by atoms with E-state index in [2.05, 4.69) is 0 Å². The summed E-state index contributed by atoms with van der Waals surface area (Å²) >= 11 is 0. The standard InChI is InChI=1S/C15H19NO3/c1-3-16(4-2)15(18)12-10-13(17)19-14(12)11-8-6-5-7-9-11/h5-9,12,14H,3-4,10H2,1-2H3. The molecule has 1 saturated heterocycles. The summed E-state index contributed by atoms with van der Waals surface area (Å²) < 4.78 is 5.33. The molecule has 1 aromatic carbocycles. The van der Waals surface area contributed by atoms with Crippen LogP contribution in [0.15, 0.2) is 30.3 Å². The highest BCUT2D eigenvalue weighted by atomic mass is 16.6. The number of carbonyl (C=O) groups excluding carboxylic acids is 2. The molecule has 0 aliphatic carbocycles. The van der Waals surface area contributed by atoms with Gasteiger partial charge in [0, 0.05) is 13.1 Å². The fourth-order valence-corrected chi connectivity index (χ4v) is 2.49. The van der Waals surface area contributed by atoms with Gasteiger partial charge in [-0.3, -0.25) is 9.59 Å². The Balaban J connectivity index is 2.23. The van der Waals surface area contributed by atoms with Crippen molar-refractivity contribution in [2.24, 2.45) is 5.92 Å². The quantitative estimate of drug-likeness (QED) is 0.780. The summed E-state index contributed by atoms with van der Waals surface area (Å²) in [5.41, 5.74) is 0.888. The van der Waals surface area contributed by atoms with E-state index in [1.54, 1.807) is 4.90 Å². The van der Waals surface area contributed by atoms with Gasteiger partial charge < -0.3 is 9.64 Å². The molecular formula is C15H19NO3. The first-order chi connectivity index (χ1) is 9.17. The molecule has 1 amide bonds. The number of rotatable bonds is 4. The van der Waals surface area contributed by atoms with Crippen molar-refractivity contribution < 1.29 is 14.3 Å². The van der Waals surface area contributed by atoms with Crippen LogP contribution in [0.5, 0.6) is 0 Å². The maximum Gasteiger partial charge on any atom is 0.307 e. The number of cyclic esters (lactones) is 1. The predicted molar refractivity (Wildman–Crippen MR) is 71.3 cm³/mol. The maximum absolute atomic E-state index is 12.4. The molecule has 2 unspecified atom stereocenters. The van der Waals surface area contributed by atoms with E-state index in [1.165, 1.54) is 0 Å². The third kappa shape index (κ3) is 2.78. The van der Waals surface area contributed by atoms with Gasteiger partial charge in [0.25, 0.3) is 0 Å². The van der Waals surface area contributed by atoms with Crippen LogP contribution in [0, 0.1) is 5.92 Å². The number of ether oxygens (including phenoxy) is 1. The molecule has 1 fully saturated rings. The zero-order valence-electron chi connectivity index (χ0n) is 11.3. The highest BCUT2D eigenvalue weighted by molar-refractivity contribution is 5.87. The Morgan fingerprint density at radius 1 is 1.26 bits per heavy atom. The summed E-state index contributed by atoms with van der Waals surface area (Å²) in [7, 11) is 0. The monoisotopic (exact) mass is 261 g/mol. The van der Waals surface area contributed by atoms with Gasteiger partial charge in [-0.05, 0) is 19.4 Å². The molecule has 1 heterocycles. The molecule has 0 bridgehead atoms. The van der Waals surface area contributed by atoms with Crippen LogP contribution in [0.3, 0.4) is 0 Å². The van der Waals surface area contributed by atoms with E-state index >= 15 is 0 Å². The molecule has 2 atom stereocenters.